The predicted octanol–water partition coefficient (Wildman–Crippen LogP) is 6.47. The molecule has 4 rings (SSSR count). The maximum atomic E-state index is 6.13. The molecule has 0 aromatic heterocycles. The monoisotopic (exact) mass is 364 g/mol. The van der Waals surface area contributed by atoms with Crippen molar-refractivity contribution in [3.05, 3.63) is 138 Å². The molecule has 138 valence electrons. The summed E-state index contributed by atoms with van der Waals surface area (Å²) < 4.78 is 6.13. The molecule has 3 aromatic rings. The smallest absolute Gasteiger partial charge is 0.124 e. The minimum atomic E-state index is -0.437. The van der Waals surface area contributed by atoms with Crippen molar-refractivity contribution in [3.8, 4) is 5.75 Å². The summed E-state index contributed by atoms with van der Waals surface area (Å²) in [5, 5.41) is 0. The highest BCUT2D eigenvalue weighted by Crippen LogP contribution is 2.49. The molecule has 0 amide bonds. The van der Waals surface area contributed by atoms with Crippen molar-refractivity contribution in [1.29, 1.82) is 0 Å². The van der Waals surface area contributed by atoms with E-state index in [9.17, 15) is 0 Å². The topological polar surface area (TPSA) is 9.23 Å². The second-order valence-corrected chi connectivity index (χ2v) is 6.88. The molecule has 1 nitrogen and oxygen atoms in total. The van der Waals surface area contributed by atoms with Gasteiger partial charge in [-0.05, 0) is 29.2 Å². The zero-order chi connectivity index (χ0) is 19.2. The van der Waals surface area contributed by atoms with Crippen molar-refractivity contribution in [2.75, 3.05) is 6.61 Å². The van der Waals surface area contributed by atoms with Gasteiger partial charge in [0, 0.05) is 5.56 Å². The highest BCUT2D eigenvalue weighted by Gasteiger charge is 2.41. The van der Waals surface area contributed by atoms with Crippen LogP contribution in [0.5, 0.6) is 5.75 Å². The Kier molecular flexibility index (Phi) is 5.25. The van der Waals surface area contributed by atoms with Crippen LogP contribution in [0.1, 0.15) is 23.1 Å². The Balaban J connectivity index is 2.08. The summed E-state index contributed by atoms with van der Waals surface area (Å²) in [6, 6.07) is 29.8. The summed E-state index contributed by atoms with van der Waals surface area (Å²) in [4.78, 5) is 0. The normalized spacial score (nSPS) is 13.2. The van der Waals surface area contributed by atoms with Crippen molar-refractivity contribution in [1.82, 2.24) is 0 Å². The first kappa shape index (κ1) is 18.1. The fraction of sp³-hybridized carbons (Fsp3) is 0.111. The zero-order valence-corrected chi connectivity index (χ0v) is 15.9. The summed E-state index contributed by atoms with van der Waals surface area (Å²) in [7, 11) is 0. The van der Waals surface area contributed by atoms with E-state index in [1.165, 1.54) is 16.7 Å². The molecule has 0 aliphatic heterocycles. The van der Waals surface area contributed by atoms with E-state index < -0.39 is 5.41 Å². The third kappa shape index (κ3) is 3.10. The van der Waals surface area contributed by atoms with Crippen molar-refractivity contribution < 1.29 is 4.74 Å². The van der Waals surface area contributed by atoms with E-state index in [0.717, 1.165) is 17.7 Å². The second kappa shape index (κ2) is 8.14. The molecule has 28 heavy (non-hydrogen) atoms. The van der Waals surface area contributed by atoms with Crippen LogP contribution in [-0.2, 0) is 5.41 Å². The predicted molar refractivity (Wildman–Crippen MR) is 117 cm³/mol. The van der Waals surface area contributed by atoms with Crippen LogP contribution < -0.4 is 4.74 Å². The number of hydrogen-bond acceptors (Lipinski definition) is 1. The summed E-state index contributed by atoms with van der Waals surface area (Å²) in [5.74, 6) is 0.885. The van der Waals surface area contributed by atoms with Gasteiger partial charge in [0.2, 0.25) is 0 Å². The first-order valence-electron chi connectivity index (χ1n) is 9.69. The minimum absolute atomic E-state index is 0.437. The van der Waals surface area contributed by atoms with Crippen LogP contribution in [0.3, 0.4) is 0 Å². The van der Waals surface area contributed by atoms with Gasteiger partial charge in [0.25, 0.3) is 0 Å². The van der Waals surface area contributed by atoms with Crippen molar-refractivity contribution >= 4 is 0 Å². The van der Waals surface area contributed by atoms with Gasteiger partial charge < -0.3 is 4.74 Å². The van der Waals surface area contributed by atoms with E-state index in [1.54, 1.807) is 6.08 Å². The maximum absolute atomic E-state index is 6.13. The molecule has 1 heteroatoms. The molecule has 1 aliphatic carbocycles. The molecule has 0 bridgehead atoms. The number of ether oxygens (including phenoxy) is 1. The van der Waals surface area contributed by atoms with Gasteiger partial charge in [-0.25, -0.2) is 0 Å². The highest BCUT2D eigenvalue weighted by molar-refractivity contribution is 5.65. The third-order valence-electron chi connectivity index (χ3n) is 5.27. The lowest BCUT2D eigenvalue weighted by Crippen LogP contribution is -2.31. The average molecular weight is 364 g/mol. The number of hydrogen-bond donors (Lipinski definition) is 0. The van der Waals surface area contributed by atoms with E-state index in [2.05, 4.69) is 104 Å². The van der Waals surface area contributed by atoms with Gasteiger partial charge in [0.1, 0.15) is 12.4 Å². The van der Waals surface area contributed by atoms with Gasteiger partial charge >= 0.3 is 0 Å². The van der Waals surface area contributed by atoms with Crippen LogP contribution in [-0.4, -0.2) is 6.61 Å². The Morgan fingerprint density at radius 3 is 2.00 bits per heavy atom. The Hall–Kier alpha value is -3.32. The molecule has 0 atom stereocenters. The third-order valence-corrected chi connectivity index (χ3v) is 5.27. The molecule has 1 aliphatic rings. The lowest BCUT2D eigenvalue weighted by Gasteiger charge is -2.38. The lowest BCUT2D eigenvalue weighted by atomic mass is 9.64. The van der Waals surface area contributed by atoms with Crippen LogP contribution >= 0.6 is 0 Å². The Morgan fingerprint density at radius 1 is 0.821 bits per heavy atom. The van der Waals surface area contributed by atoms with E-state index in [1.807, 2.05) is 6.07 Å². The molecular formula is C27H24O. The van der Waals surface area contributed by atoms with Crippen molar-refractivity contribution in [2.45, 2.75) is 11.8 Å². The molecule has 0 N–H and O–H groups in total. The number of para-hydroxylation sites is 1. The first-order valence-corrected chi connectivity index (χ1v) is 9.69. The molecule has 0 heterocycles. The Bertz CT molecular complexity index is 957. The zero-order valence-electron chi connectivity index (χ0n) is 15.9. The van der Waals surface area contributed by atoms with E-state index in [-0.39, 0.29) is 0 Å². The van der Waals surface area contributed by atoms with Crippen molar-refractivity contribution in [3.63, 3.8) is 0 Å². The fourth-order valence-corrected chi connectivity index (χ4v) is 4.13. The molecule has 0 saturated carbocycles. The fourth-order valence-electron chi connectivity index (χ4n) is 4.13. The molecule has 0 radical (unpaired) electrons. The van der Waals surface area contributed by atoms with E-state index >= 15 is 0 Å². The van der Waals surface area contributed by atoms with Crippen LogP contribution in [0.2, 0.25) is 0 Å². The standard InChI is InChI=1S/C27H24O/c1-2-21-28-26-20-12-11-19-25(26)27(24-17-9-10-18-24,22-13-5-3-6-14-22)23-15-7-4-8-16-23/h2-9,11-20H,1,10,21H2. The molecule has 0 saturated heterocycles. The van der Waals surface area contributed by atoms with Gasteiger partial charge in [-0.3, -0.25) is 0 Å². The quantitative estimate of drug-likeness (QED) is 0.345. The molecule has 0 spiro atoms. The lowest BCUT2D eigenvalue weighted by molar-refractivity contribution is 0.356. The van der Waals surface area contributed by atoms with E-state index in [4.69, 9.17) is 4.74 Å². The molecule has 0 unspecified atom stereocenters. The summed E-state index contributed by atoms with van der Waals surface area (Å²) in [6.45, 7) is 4.29. The second-order valence-electron chi connectivity index (χ2n) is 6.88. The number of allylic oxidation sites excluding steroid dienone is 4. The van der Waals surface area contributed by atoms with Gasteiger partial charge in [0.05, 0.1) is 5.41 Å². The summed E-state index contributed by atoms with van der Waals surface area (Å²) >= 11 is 0. The highest BCUT2D eigenvalue weighted by atomic mass is 16.5. The number of rotatable bonds is 7. The van der Waals surface area contributed by atoms with Crippen LogP contribution in [0.4, 0.5) is 0 Å². The summed E-state index contributed by atoms with van der Waals surface area (Å²) in [5.41, 5.74) is 4.45. The molecule has 0 fully saturated rings. The van der Waals surface area contributed by atoms with Gasteiger partial charge in [-0.2, -0.15) is 0 Å². The Morgan fingerprint density at radius 2 is 1.43 bits per heavy atom. The van der Waals surface area contributed by atoms with Crippen LogP contribution in [0.25, 0.3) is 0 Å². The molecule has 3 aromatic carbocycles. The Labute approximate surface area is 167 Å². The van der Waals surface area contributed by atoms with Crippen molar-refractivity contribution in [2.24, 2.45) is 0 Å². The molecular weight excluding hydrogens is 340 g/mol. The average Bonchev–Trinajstić information content (AvgIpc) is 3.30. The largest absolute Gasteiger partial charge is 0.489 e. The maximum Gasteiger partial charge on any atom is 0.124 e. The summed E-state index contributed by atoms with van der Waals surface area (Å²) in [6.07, 6.45) is 9.54. The number of benzene rings is 3. The van der Waals surface area contributed by atoms with Gasteiger partial charge in [-0.15, -0.1) is 0 Å². The minimum Gasteiger partial charge on any atom is -0.489 e. The van der Waals surface area contributed by atoms with Crippen LogP contribution in [0, 0.1) is 0 Å². The van der Waals surface area contributed by atoms with Gasteiger partial charge in [0.15, 0.2) is 0 Å². The SMILES string of the molecule is C=CCOc1ccccc1C(C1=CCC=C1)(c1ccccc1)c1ccccc1. The first-order chi connectivity index (χ1) is 13.9. The van der Waals surface area contributed by atoms with Crippen LogP contribution in [0.15, 0.2) is 121 Å². The van der Waals surface area contributed by atoms with Gasteiger partial charge in [-0.1, -0.05) is 110 Å². The van der Waals surface area contributed by atoms with E-state index in [0.29, 0.717) is 6.61 Å².